The topological polar surface area (TPSA) is 90.9 Å². The van der Waals surface area contributed by atoms with Gasteiger partial charge in [0.25, 0.3) is 10.0 Å². The van der Waals surface area contributed by atoms with Crippen molar-refractivity contribution in [1.29, 1.82) is 0 Å². The zero-order valence-corrected chi connectivity index (χ0v) is 17.8. The maximum Gasteiger partial charge on any atom is 0.285 e. The van der Waals surface area contributed by atoms with E-state index in [0.29, 0.717) is 36.7 Å². The molecule has 1 amide bonds. The Bertz CT molecular complexity index is 807. The van der Waals surface area contributed by atoms with Gasteiger partial charge in [-0.15, -0.1) is 16.8 Å². The highest BCUT2D eigenvalue weighted by Gasteiger charge is 2.30. The zero-order valence-electron chi connectivity index (χ0n) is 16.2. The van der Waals surface area contributed by atoms with Crippen LogP contribution in [0, 0.1) is 5.92 Å². The first kappa shape index (κ1) is 22.6. The highest BCUT2D eigenvalue weighted by atomic mass is 35.5. The first-order chi connectivity index (χ1) is 13.0. The second kappa shape index (κ2) is 10.2. The van der Waals surface area contributed by atoms with E-state index in [9.17, 15) is 13.2 Å². The summed E-state index contributed by atoms with van der Waals surface area (Å²) in [7, 11) is -1.79. The number of rotatable bonds is 7. The molecule has 2 aliphatic rings. The minimum Gasteiger partial charge on any atom is -0.358 e. The number of benzene rings is 1. The molecule has 2 N–H and O–H groups in total. The Kier molecular flexibility index (Phi) is 8.27. The number of carbonyl (C=O) groups is 1. The molecular formula is C19H29ClN4O3S. The number of carbonyl (C=O) groups excluding carboxylic acids is 1. The molecule has 28 heavy (non-hydrogen) atoms. The van der Waals surface area contributed by atoms with E-state index in [1.54, 1.807) is 24.3 Å². The summed E-state index contributed by atoms with van der Waals surface area (Å²) >= 11 is 0. The van der Waals surface area contributed by atoms with E-state index >= 15 is 0 Å². The van der Waals surface area contributed by atoms with Crippen molar-refractivity contribution in [2.24, 2.45) is 10.3 Å². The third kappa shape index (κ3) is 5.68. The Morgan fingerprint density at radius 3 is 2.89 bits per heavy atom. The normalized spacial score (nSPS) is 19.9. The summed E-state index contributed by atoms with van der Waals surface area (Å²) in [6.07, 6.45) is 4.54. The van der Waals surface area contributed by atoms with Crippen molar-refractivity contribution in [3.05, 3.63) is 29.8 Å². The smallest absolute Gasteiger partial charge is 0.285 e. The van der Waals surface area contributed by atoms with Gasteiger partial charge in [-0.1, -0.05) is 12.1 Å². The molecule has 2 aliphatic heterocycles. The van der Waals surface area contributed by atoms with Crippen LogP contribution in [0.25, 0.3) is 0 Å². The van der Waals surface area contributed by atoms with Gasteiger partial charge in [-0.3, -0.25) is 4.79 Å². The Morgan fingerprint density at radius 2 is 2.14 bits per heavy atom. The molecule has 0 aromatic heterocycles. The Labute approximate surface area is 173 Å². The van der Waals surface area contributed by atoms with Crippen molar-refractivity contribution in [3.8, 4) is 0 Å². The Balaban J connectivity index is 0.00000280. The highest BCUT2D eigenvalue weighted by Crippen LogP contribution is 2.26. The minimum atomic E-state index is -3.60. The minimum absolute atomic E-state index is 0. The number of amides is 1. The molecule has 1 aromatic carbocycles. The average molecular weight is 429 g/mol. The summed E-state index contributed by atoms with van der Waals surface area (Å²) in [6, 6.07) is 6.84. The van der Waals surface area contributed by atoms with Gasteiger partial charge in [0.1, 0.15) is 10.7 Å². The zero-order chi connectivity index (χ0) is 19.3. The van der Waals surface area contributed by atoms with Gasteiger partial charge in [0.15, 0.2) is 0 Å². The highest BCUT2D eigenvalue weighted by molar-refractivity contribution is 7.90. The van der Waals surface area contributed by atoms with Gasteiger partial charge in [0, 0.05) is 32.1 Å². The van der Waals surface area contributed by atoms with Gasteiger partial charge in [0.2, 0.25) is 5.91 Å². The molecule has 2 heterocycles. The molecule has 156 valence electrons. The van der Waals surface area contributed by atoms with E-state index in [1.807, 2.05) is 11.9 Å². The van der Waals surface area contributed by atoms with Crippen molar-refractivity contribution >= 4 is 34.2 Å². The van der Waals surface area contributed by atoms with Crippen LogP contribution in [0.2, 0.25) is 0 Å². The Morgan fingerprint density at radius 1 is 1.36 bits per heavy atom. The molecule has 0 spiro atoms. The van der Waals surface area contributed by atoms with Crippen LogP contribution in [-0.2, 0) is 14.8 Å². The number of amidine groups is 1. The van der Waals surface area contributed by atoms with Gasteiger partial charge >= 0.3 is 0 Å². The molecule has 3 rings (SSSR count). The summed E-state index contributed by atoms with van der Waals surface area (Å²) in [4.78, 5) is 14.1. The SMILES string of the molecule is CN(CCCC(=O)NCCC1CCCNC1)C1=NS(=O)(=O)c2ccccc21.Cl. The first-order valence-electron chi connectivity index (χ1n) is 9.60. The number of nitrogens with one attached hydrogen (secondary N) is 2. The summed E-state index contributed by atoms with van der Waals surface area (Å²) < 4.78 is 28.1. The average Bonchev–Trinajstić information content (AvgIpc) is 2.94. The molecule has 7 nitrogen and oxygen atoms in total. The van der Waals surface area contributed by atoms with Crippen molar-refractivity contribution in [3.63, 3.8) is 0 Å². The van der Waals surface area contributed by atoms with E-state index in [4.69, 9.17) is 0 Å². The van der Waals surface area contributed by atoms with Crippen LogP contribution in [0.15, 0.2) is 33.6 Å². The van der Waals surface area contributed by atoms with Gasteiger partial charge in [-0.05, 0) is 56.8 Å². The molecule has 9 heteroatoms. The molecule has 1 unspecified atom stereocenters. The van der Waals surface area contributed by atoms with Crippen LogP contribution in [-0.4, -0.2) is 58.3 Å². The lowest BCUT2D eigenvalue weighted by Crippen LogP contribution is -2.33. The van der Waals surface area contributed by atoms with Crippen LogP contribution in [0.3, 0.4) is 0 Å². The maximum absolute atomic E-state index is 12.1. The number of halogens is 1. The monoisotopic (exact) mass is 428 g/mol. The number of hydrogen-bond donors (Lipinski definition) is 2. The summed E-state index contributed by atoms with van der Waals surface area (Å²) in [5.41, 5.74) is 0.630. The van der Waals surface area contributed by atoms with Crippen molar-refractivity contribution in [1.82, 2.24) is 15.5 Å². The molecule has 0 bridgehead atoms. The Hall–Kier alpha value is -1.64. The van der Waals surface area contributed by atoms with Crippen LogP contribution >= 0.6 is 12.4 Å². The van der Waals surface area contributed by atoms with Crippen LogP contribution < -0.4 is 10.6 Å². The third-order valence-corrected chi connectivity index (χ3v) is 6.47. The predicted octanol–water partition coefficient (Wildman–Crippen LogP) is 1.78. The first-order valence-corrected chi connectivity index (χ1v) is 11.0. The van der Waals surface area contributed by atoms with E-state index in [0.717, 1.165) is 26.1 Å². The van der Waals surface area contributed by atoms with Crippen molar-refractivity contribution < 1.29 is 13.2 Å². The van der Waals surface area contributed by atoms with Crippen LogP contribution in [0.4, 0.5) is 0 Å². The molecule has 0 aliphatic carbocycles. The quantitative estimate of drug-likeness (QED) is 0.690. The van der Waals surface area contributed by atoms with Gasteiger partial charge in [-0.25, -0.2) is 0 Å². The maximum atomic E-state index is 12.1. The predicted molar refractivity (Wildman–Crippen MR) is 112 cm³/mol. The van der Waals surface area contributed by atoms with Crippen LogP contribution in [0.1, 0.15) is 37.7 Å². The standard InChI is InChI=1S/C19H28N4O3S.ClH/c1-23(19-16-7-2-3-8-17(16)27(25,26)22-19)13-5-9-18(24)21-12-10-15-6-4-11-20-14-15;/h2-3,7-8,15,20H,4-6,9-14H2,1H3,(H,21,24);1H. The summed E-state index contributed by atoms with van der Waals surface area (Å²) in [6.45, 7) is 3.45. The molecule has 1 aromatic rings. The lowest BCUT2D eigenvalue weighted by Gasteiger charge is -2.22. The molecule has 1 saturated heterocycles. The van der Waals surface area contributed by atoms with Crippen molar-refractivity contribution in [2.45, 2.75) is 37.0 Å². The van der Waals surface area contributed by atoms with Gasteiger partial charge < -0.3 is 15.5 Å². The van der Waals surface area contributed by atoms with Crippen LogP contribution in [0.5, 0.6) is 0 Å². The molecule has 0 saturated carbocycles. The number of fused-ring (bicyclic) bond motifs is 1. The fraction of sp³-hybridized carbons (Fsp3) is 0.579. The van der Waals surface area contributed by atoms with Gasteiger partial charge in [-0.2, -0.15) is 8.42 Å². The molecule has 0 radical (unpaired) electrons. The molecular weight excluding hydrogens is 400 g/mol. The van der Waals surface area contributed by atoms with E-state index in [2.05, 4.69) is 15.0 Å². The number of piperidine rings is 1. The van der Waals surface area contributed by atoms with E-state index in [-0.39, 0.29) is 23.2 Å². The number of hydrogen-bond acceptors (Lipinski definition) is 5. The van der Waals surface area contributed by atoms with E-state index in [1.165, 1.54) is 12.8 Å². The summed E-state index contributed by atoms with van der Waals surface area (Å²) in [5.74, 6) is 1.16. The second-order valence-corrected chi connectivity index (χ2v) is 8.83. The fourth-order valence-electron chi connectivity index (χ4n) is 3.62. The summed E-state index contributed by atoms with van der Waals surface area (Å²) in [5, 5.41) is 6.38. The third-order valence-electron chi connectivity index (χ3n) is 5.15. The van der Waals surface area contributed by atoms with E-state index < -0.39 is 10.0 Å². The fourth-order valence-corrected chi connectivity index (χ4v) is 4.87. The molecule has 1 atom stereocenters. The lowest BCUT2D eigenvalue weighted by atomic mass is 9.96. The second-order valence-electron chi connectivity index (χ2n) is 7.26. The molecule has 1 fully saturated rings. The largest absolute Gasteiger partial charge is 0.358 e. The lowest BCUT2D eigenvalue weighted by molar-refractivity contribution is -0.121. The van der Waals surface area contributed by atoms with Gasteiger partial charge in [0.05, 0.1) is 0 Å². The van der Waals surface area contributed by atoms with Crippen molar-refractivity contribution in [2.75, 3.05) is 33.2 Å². The number of nitrogens with zero attached hydrogens (tertiary/aromatic N) is 2. The number of sulfonamides is 1.